The van der Waals surface area contributed by atoms with Crippen LogP contribution in [-0.2, 0) is 0 Å². The molecule has 0 aliphatic heterocycles. The van der Waals surface area contributed by atoms with Crippen LogP contribution in [0.4, 0.5) is 4.39 Å². The van der Waals surface area contributed by atoms with Gasteiger partial charge in [0.15, 0.2) is 0 Å². The van der Waals surface area contributed by atoms with Gasteiger partial charge in [-0.3, -0.25) is 5.84 Å². The van der Waals surface area contributed by atoms with Crippen molar-refractivity contribution in [3.05, 3.63) is 47.3 Å². The van der Waals surface area contributed by atoms with Crippen molar-refractivity contribution in [2.24, 2.45) is 5.84 Å². The summed E-state index contributed by atoms with van der Waals surface area (Å²) in [4.78, 5) is 4.20. The first kappa shape index (κ1) is 13.6. The summed E-state index contributed by atoms with van der Waals surface area (Å²) >= 11 is 0. The predicted molar refractivity (Wildman–Crippen MR) is 70.7 cm³/mol. The molecule has 3 N–H and O–H groups in total. The van der Waals surface area contributed by atoms with Crippen molar-refractivity contribution in [1.29, 1.82) is 0 Å². The number of aryl methyl sites for hydroxylation is 1. The van der Waals surface area contributed by atoms with Gasteiger partial charge >= 0.3 is 0 Å². The summed E-state index contributed by atoms with van der Waals surface area (Å²) < 4.78 is 15.9. The van der Waals surface area contributed by atoms with Gasteiger partial charge in [-0.15, -0.1) is 0 Å². The molecule has 6 heteroatoms. The van der Waals surface area contributed by atoms with Gasteiger partial charge in [0.05, 0.1) is 0 Å². The SMILES string of the molecule is Cc1cccc(C(NN)c2ncnn2C(C)C)c1F. The average Bonchev–Trinajstić information content (AvgIpc) is 2.85. The Morgan fingerprint density at radius 3 is 2.74 bits per heavy atom. The molecule has 102 valence electrons. The van der Waals surface area contributed by atoms with E-state index in [1.54, 1.807) is 29.8 Å². The molecular weight excluding hydrogens is 245 g/mol. The third kappa shape index (κ3) is 2.50. The highest BCUT2D eigenvalue weighted by Crippen LogP contribution is 2.25. The molecule has 2 rings (SSSR count). The zero-order chi connectivity index (χ0) is 14.0. The fraction of sp³-hybridized carbons (Fsp3) is 0.385. The number of aromatic nitrogens is 3. The van der Waals surface area contributed by atoms with Crippen molar-refractivity contribution < 1.29 is 4.39 Å². The molecule has 0 bridgehead atoms. The van der Waals surface area contributed by atoms with E-state index in [1.807, 2.05) is 13.8 Å². The van der Waals surface area contributed by atoms with Crippen molar-refractivity contribution in [2.75, 3.05) is 0 Å². The lowest BCUT2D eigenvalue weighted by Crippen LogP contribution is -2.32. The highest BCUT2D eigenvalue weighted by molar-refractivity contribution is 5.31. The minimum atomic E-state index is -0.523. The van der Waals surface area contributed by atoms with E-state index < -0.39 is 6.04 Å². The first-order valence-corrected chi connectivity index (χ1v) is 6.16. The normalized spacial score (nSPS) is 12.9. The van der Waals surface area contributed by atoms with E-state index in [4.69, 9.17) is 5.84 Å². The largest absolute Gasteiger partial charge is 0.270 e. The maximum atomic E-state index is 14.2. The second-order valence-electron chi connectivity index (χ2n) is 4.73. The smallest absolute Gasteiger partial charge is 0.150 e. The summed E-state index contributed by atoms with van der Waals surface area (Å²) in [6.45, 7) is 5.69. The van der Waals surface area contributed by atoms with Crippen LogP contribution in [0.25, 0.3) is 0 Å². The first-order chi connectivity index (χ1) is 9.06. The molecule has 0 aliphatic rings. The summed E-state index contributed by atoms with van der Waals surface area (Å²) in [5.41, 5.74) is 3.67. The van der Waals surface area contributed by atoms with Gasteiger partial charge in [0.2, 0.25) is 0 Å². The molecule has 2 aromatic rings. The van der Waals surface area contributed by atoms with E-state index in [0.717, 1.165) is 0 Å². The van der Waals surface area contributed by atoms with Crippen LogP contribution in [0, 0.1) is 12.7 Å². The van der Waals surface area contributed by atoms with Gasteiger partial charge < -0.3 is 0 Å². The Morgan fingerprint density at radius 1 is 1.37 bits per heavy atom. The van der Waals surface area contributed by atoms with Crippen molar-refractivity contribution in [3.63, 3.8) is 0 Å². The molecule has 5 nitrogen and oxygen atoms in total. The van der Waals surface area contributed by atoms with E-state index in [9.17, 15) is 4.39 Å². The van der Waals surface area contributed by atoms with Crippen LogP contribution in [0.5, 0.6) is 0 Å². The minimum Gasteiger partial charge on any atom is -0.270 e. The predicted octanol–water partition coefficient (Wildman–Crippen LogP) is 1.86. The maximum absolute atomic E-state index is 14.2. The molecular formula is C13H18FN5. The topological polar surface area (TPSA) is 68.8 Å². The van der Waals surface area contributed by atoms with E-state index in [0.29, 0.717) is 17.0 Å². The van der Waals surface area contributed by atoms with Gasteiger partial charge in [-0.2, -0.15) is 5.10 Å². The Kier molecular flexibility index (Phi) is 3.92. The Balaban J connectivity index is 2.50. The number of hydrazine groups is 1. The molecule has 0 saturated heterocycles. The lowest BCUT2D eigenvalue weighted by atomic mass is 10.0. The monoisotopic (exact) mass is 263 g/mol. The fourth-order valence-electron chi connectivity index (χ4n) is 2.06. The average molecular weight is 263 g/mol. The lowest BCUT2D eigenvalue weighted by Gasteiger charge is -2.19. The molecule has 0 saturated carbocycles. The summed E-state index contributed by atoms with van der Waals surface area (Å²) in [6.07, 6.45) is 1.45. The molecule has 0 spiro atoms. The molecule has 1 unspecified atom stereocenters. The number of nitrogens with two attached hydrogens (primary N) is 1. The summed E-state index contributed by atoms with van der Waals surface area (Å²) in [5.74, 6) is 5.91. The van der Waals surface area contributed by atoms with Gasteiger partial charge in [0.1, 0.15) is 24.0 Å². The highest BCUT2D eigenvalue weighted by atomic mass is 19.1. The van der Waals surface area contributed by atoms with Gasteiger partial charge in [0.25, 0.3) is 0 Å². The van der Waals surface area contributed by atoms with E-state index in [-0.39, 0.29) is 11.9 Å². The Bertz CT molecular complexity index is 564. The number of nitrogens with one attached hydrogen (secondary N) is 1. The standard InChI is InChI=1S/C13H18FN5/c1-8(2)19-13(16-7-17-19)12(18-15)10-6-4-5-9(3)11(10)14/h4-8,12,18H,15H2,1-3H3. The zero-order valence-electron chi connectivity index (χ0n) is 11.3. The van der Waals surface area contributed by atoms with Crippen LogP contribution in [-0.4, -0.2) is 14.8 Å². The molecule has 1 aromatic carbocycles. The van der Waals surface area contributed by atoms with Crippen molar-refractivity contribution in [3.8, 4) is 0 Å². The molecule has 0 aliphatic carbocycles. The second kappa shape index (κ2) is 5.46. The number of hydrogen-bond donors (Lipinski definition) is 2. The van der Waals surface area contributed by atoms with Crippen LogP contribution in [0.15, 0.2) is 24.5 Å². The van der Waals surface area contributed by atoms with Crippen molar-refractivity contribution in [1.82, 2.24) is 20.2 Å². The number of rotatable bonds is 4. The van der Waals surface area contributed by atoms with Gasteiger partial charge in [-0.25, -0.2) is 19.5 Å². The van der Waals surface area contributed by atoms with Crippen LogP contribution in [0.1, 0.15) is 42.9 Å². The van der Waals surface area contributed by atoms with Crippen LogP contribution < -0.4 is 11.3 Å². The van der Waals surface area contributed by atoms with Crippen LogP contribution >= 0.6 is 0 Å². The molecule has 19 heavy (non-hydrogen) atoms. The summed E-state index contributed by atoms with van der Waals surface area (Å²) in [6, 6.07) is 4.82. The first-order valence-electron chi connectivity index (χ1n) is 6.16. The molecule has 0 fully saturated rings. The molecule has 0 amide bonds. The third-order valence-electron chi connectivity index (χ3n) is 3.05. The molecule has 1 heterocycles. The summed E-state index contributed by atoms with van der Waals surface area (Å²) in [7, 11) is 0. The molecule has 1 atom stereocenters. The van der Waals surface area contributed by atoms with E-state index in [2.05, 4.69) is 15.5 Å². The van der Waals surface area contributed by atoms with Crippen molar-refractivity contribution >= 4 is 0 Å². The van der Waals surface area contributed by atoms with Crippen molar-refractivity contribution in [2.45, 2.75) is 32.9 Å². The van der Waals surface area contributed by atoms with Gasteiger partial charge in [0, 0.05) is 11.6 Å². The number of nitrogens with zero attached hydrogens (tertiary/aromatic N) is 3. The number of halogens is 1. The van der Waals surface area contributed by atoms with E-state index >= 15 is 0 Å². The zero-order valence-corrected chi connectivity index (χ0v) is 11.3. The van der Waals surface area contributed by atoms with Gasteiger partial charge in [-0.1, -0.05) is 18.2 Å². The maximum Gasteiger partial charge on any atom is 0.150 e. The fourth-order valence-corrected chi connectivity index (χ4v) is 2.06. The number of benzene rings is 1. The Labute approximate surface area is 111 Å². The van der Waals surface area contributed by atoms with Gasteiger partial charge in [-0.05, 0) is 26.3 Å². The second-order valence-corrected chi connectivity index (χ2v) is 4.73. The Morgan fingerprint density at radius 2 is 2.11 bits per heavy atom. The van der Waals surface area contributed by atoms with E-state index in [1.165, 1.54) is 6.33 Å². The highest BCUT2D eigenvalue weighted by Gasteiger charge is 2.23. The third-order valence-corrected chi connectivity index (χ3v) is 3.05. The number of hydrogen-bond acceptors (Lipinski definition) is 4. The lowest BCUT2D eigenvalue weighted by molar-refractivity contribution is 0.459. The van der Waals surface area contributed by atoms with Crippen LogP contribution in [0.2, 0.25) is 0 Å². The quantitative estimate of drug-likeness (QED) is 0.652. The van der Waals surface area contributed by atoms with Crippen LogP contribution in [0.3, 0.4) is 0 Å². The minimum absolute atomic E-state index is 0.126. The summed E-state index contributed by atoms with van der Waals surface area (Å²) in [5, 5.41) is 4.15. The molecule has 0 radical (unpaired) electrons. The molecule has 1 aromatic heterocycles. The Hall–Kier alpha value is -1.79.